The smallest absolute Gasteiger partial charge is 0.333 e. The number of hydrogen-bond acceptors (Lipinski definition) is 4. The van der Waals surface area contributed by atoms with Gasteiger partial charge in [-0.05, 0) is 32.7 Å². The molecule has 1 aliphatic rings. The van der Waals surface area contributed by atoms with Gasteiger partial charge in [0.15, 0.2) is 0 Å². The van der Waals surface area contributed by atoms with Crippen LogP contribution in [0.1, 0.15) is 33.1 Å². The number of ether oxygens (including phenoxy) is 2. The molecule has 0 aromatic rings. The highest BCUT2D eigenvalue weighted by Crippen LogP contribution is 2.23. The predicted octanol–water partition coefficient (Wildman–Crippen LogP) is 2.00. The van der Waals surface area contributed by atoms with Crippen molar-refractivity contribution in [2.45, 2.75) is 38.7 Å². The van der Waals surface area contributed by atoms with Gasteiger partial charge in [-0.3, -0.25) is 4.90 Å². The lowest BCUT2D eigenvalue weighted by Crippen LogP contribution is -2.47. The molecule has 0 amide bonds. The minimum Gasteiger partial charge on any atom is -0.466 e. The molecule has 1 saturated heterocycles. The number of esters is 1. The van der Waals surface area contributed by atoms with Crippen molar-refractivity contribution < 1.29 is 14.3 Å². The van der Waals surface area contributed by atoms with Crippen LogP contribution < -0.4 is 0 Å². The van der Waals surface area contributed by atoms with Crippen molar-refractivity contribution >= 4 is 5.97 Å². The number of carbonyl (C=O) groups excluding carboxylic acids is 1. The molecule has 1 fully saturated rings. The summed E-state index contributed by atoms with van der Waals surface area (Å²) in [6.07, 6.45) is 4.93. The SMILES string of the molecule is CCC(=CCN1CCCC(C)(OC)C1)C(=O)OC. The second-order valence-electron chi connectivity index (χ2n) is 5.07. The van der Waals surface area contributed by atoms with E-state index in [0.717, 1.165) is 38.0 Å². The van der Waals surface area contributed by atoms with E-state index in [0.29, 0.717) is 6.42 Å². The first-order valence-corrected chi connectivity index (χ1v) is 6.59. The van der Waals surface area contributed by atoms with Crippen LogP contribution in [-0.2, 0) is 14.3 Å². The summed E-state index contributed by atoms with van der Waals surface area (Å²) in [6, 6.07) is 0. The van der Waals surface area contributed by atoms with Crippen LogP contribution in [0.25, 0.3) is 0 Å². The molecule has 18 heavy (non-hydrogen) atoms. The summed E-state index contributed by atoms with van der Waals surface area (Å²) in [5.41, 5.74) is 0.700. The van der Waals surface area contributed by atoms with Crippen molar-refractivity contribution in [1.29, 1.82) is 0 Å². The van der Waals surface area contributed by atoms with Crippen LogP contribution in [0.5, 0.6) is 0 Å². The molecule has 104 valence electrons. The molecule has 4 heteroatoms. The summed E-state index contributed by atoms with van der Waals surface area (Å²) in [4.78, 5) is 13.8. The molecule has 1 heterocycles. The zero-order valence-corrected chi connectivity index (χ0v) is 12.0. The minimum absolute atomic E-state index is 0.0519. The monoisotopic (exact) mass is 255 g/mol. The molecule has 0 bridgehead atoms. The van der Waals surface area contributed by atoms with E-state index in [4.69, 9.17) is 9.47 Å². The Bertz CT molecular complexity index is 314. The van der Waals surface area contributed by atoms with Crippen molar-refractivity contribution in [2.75, 3.05) is 33.9 Å². The predicted molar refractivity (Wildman–Crippen MR) is 71.5 cm³/mol. The van der Waals surface area contributed by atoms with E-state index >= 15 is 0 Å². The summed E-state index contributed by atoms with van der Waals surface area (Å²) >= 11 is 0. The van der Waals surface area contributed by atoms with E-state index in [2.05, 4.69) is 11.8 Å². The molecule has 0 radical (unpaired) electrons. The molecule has 0 aromatic heterocycles. The molecule has 0 aromatic carbocycles. The van der Waals surface area contributed by atoms with Crippen LogP contribution in [0.2, 0.25) is 0 Å². The zero-order chi connectivity index (χ0) is 13.6. The molecular weight excluding hydrogens is 230 g/mol. The number of piperidine rings is 1. The standard InChI is InChI=1S/C14H25NO3/c1-5-12(13(16)17-3)7-10-15-9-6-8-14(2,11-15)18-4/h7H,5-6,8-11H2,1-4H3. The fraction of sp³-hybridized carbons (Fsp3) is 0.786. The van der Waals surface area contributed by atoms with Gasteiger partial charge in [-0.15, -0.1) is 0 Å². The summed E-state index contributed by atoms with van der Waals surface area (Å²) in [5, 5.41) is 0. The topological polar surface area (TPSA) is 38.8 Å². The summed E-state index contributed by atoms with van der Waals surface area (Å²) in [5.74, 6) is -0.219. The highest BCUT2D eigenvalue weighted by molar-refractivity contribution is 5.88. The number of nitrogens with zero attached hydrogens (tertiary/aromatic N) is 1. The first-order valence-electron chi connectivity index (χ1n) is 6.59. The van der Waals surface area contributed by atoms with Crippen molar-refractivity contribution in [3.05, 3.63) is 11.6 Å². The van der Waals surface area contributed by atoms with E-state index < -0.39 is 0 Å². The average Bonchev–Trinajstić information content (AvgIpc) is 2.39. The van der Waals surface area contributed by atoms with Gasteiger partial charge in [0.05, 0.1) is 12.7 Å². The normalized spacial score (nSPS) is 26.1. The minimum atomic E-state index is -0.219. The lowest BCUT2D eigenvalue weighted by molar-refractivity contribution is -0.136. The Morgan fingerprint density at radius 3 is 2.72 bits per heavy atom. The molecule has 1 atom stereocenters. The van der Waals surface area contributed by atoms with Crippen molar-refractivity contribution in [3.8, 4) is 0 Å². The third-order valence-electron chi connectivity index (χ3n) is 3.66. The number of hydrogen-bond donors (Lipinski definition) is 0. The first-order chi connectivity index (χ1) is 8.54. The lowest BCUT2D eigenvalue weighted by Gasteiger charge is -2.39. The van der Waals surface area contributed by atoms with Gasteiger partial charge in [0.1, 0.15) is 0 Å². The molecule has 1 unspecified atom stereocenters. The van der Waals surface area contributed by atoms with Crippen molar-refractivity contribution in [2.24, 2.45) is 0 Å². The molecule has 1 aliphatic heterocycles. The van der Waals surface area contributed by atoms with Gasteiger partial charge in [-0.25, -0.2) is 4.79 Å². The Labute approximate surface area is 110 Å². The van der Waals surface area contributed by atoms with Crippen LogP contribution in [-0.4, -0.2) is 50.3 Å². The molecule has 0 aliphatic carbocycles. The third kappa shape index (κ3) is 4.10. The third-order valence-corrected chi connectivity index (χ3v) is 3.66. The Morgan fingerprint density at radius 2 is 2.17 bits per heavy atom. The summed E-state index contributed by atoms with van der Waals surface area (Å²) in [7, 11) is 3.19. The Kier molecular flexibility index (Phi) is 5.82. The average molecular weight is 255 g/mol. The first kappa shape index (κ1) is 15.2. The van der Waals surface area contributed by atoms with Crippen molar-refractivity contribution in [3.63, 3.8) is 0 Å². The van der Waals surface area contributed by atoms with Gasteiger partial charge < -0.3 is 9.47 Å². The Hall–Kier alpha value is -0.870. The highest BCUT2D eigenvalue weighted by Gasteiger charge is 2.30. The van der Waals surface area contributed by atoms with E-state index in [1.165, 1.54) is 7.11 Å². The van der Waals surface area contributed by atoms with Gasteiger partial charge in [0.25, 0.3) is 0 Å². The van der Waals surface area contributed by atoms with Gasteiger partial charge in [-0.1, -0.05) is 13.0 Å². The van der Waals surface area contributed by atoms with Crippen LogP contribution in [0.4, 0.5) is 0 Å². The van der Waals surface area contributed by atoms with Crippen LogP contribution in [0.3, 0.4) is 0 Å². The number of likely N-dealkylation sites (tertiary alicyclic amines) is 1. The number of carbonyl (C=O) groups is 1. The van der Waals surface area contributed by atoms with Gasteiger partial charge >= 0.3 is 5.97 Å². The molecule has 1 rings (SSSR count). The quantitative estimate of drug-likeness (QED) is 0.556. The molecule has 4 nitrogen and oxygen atoms in total. The van der Waals surface area contributed by atoms with E-state index in [-0.39, 0.29) is 11.6 Å². The highest BCUT2D eigenvalue weighted by atomic mass is 16.5. The lowest BCUT2D eigenvalue weighted by atomic mass is 9.95. The van der Waals surface area contributed by atoms with Gasteiger partial charge in [-0.2, -0.15) is 0 Å². The van der Waals surface area contributed by atoms with E-state index in [9.17, 15) is 4.79 Å². The zero-order valence-electron chi connectivity index (χ0n) is 12.0. The second kappa shape index (κ2) is 6.90. The van der Waals surface area contributed by atoms with Crippen LogP contribution >= 0.6 is 0 Å². The van der Waals surface area contributed by atoms with Crippen molar-refractivity contribution in [1.82, 2.24) is 4.90 Å². The van der Waals surface area contributed by atoms with Gasteiger partial charge in [0, 0.05) is 25.8 Å². The maximum atomic E-state index is 11.5. The van der Waals surface area contributed by atoms with Crippen LogP contribution in [0.15, 0.2) is 11.6 Å². The maximum Gasteiger partial charge on any atom is 0.333 e. The second-order valence-corrected chi connectivity index (χ2v) is 5.07. The Balaban J connectivity index is 2.56. The molecule has 0 N–H and O–H groups in total. The van der Waals surface area contributed by atoms with E-state index in [1.54, 1.807) is 7.11 Å². The fourth-order valence-electron chi connectivity index (χ4n) is 2.37. The molecule has 0 saturated carbocycles. The summed E-state index contributed by atoms with van der Waals surface area (Å²) in [6.45, 7) is 6.88. The largest absolute Gasteiger partial charge is 0.466 e. The maximum absolute atomic E-state index is 11.5. The molecular formula is C14H25NO3. The Morgan fingerprint density at radius 1 is 1.44 bits per heavy atom. The number of methoxy groups -OCH3 is 2. The van der Waals surface area contributed by atoms with Gasteiger partial charge in [0.2, 0.25) is 0 Å². The van der Waals surface area contributed by atoms with E-state index in [1.807, 2.05) is 13.0 Å². The summed E-state index contributed by atoms with van der Waals surface area (Å²) < 4.78 is 10.3. The number of rotatable bonds is 5. The molecule has 0 spiro atoms. The fourth-order valence-corrected chi connectivity index (χ4v) is 2.37. The van der Waals surface area contributed by atoms with Crippen LogP contribution in [0, 0.1) is 0 Å².